The Hall–Kier alpha value is -3.72. The quantitative estimate of drug-likeness (QED) is 0.170. The molecule has 36 heavy (non-hydrogen) atoms. The van der Waals surface area contributed by atoms with E-state index >= 15 is 0 Å². The van der Waals surface area contributed by atoms with Gasteiger partial charge in [-0.3, -0.25) is 4.79 Å². The van der Waals surface area contributed by atoms with E-state index in [9.17, 15) is 10.1 Å². The lowest BCUT2D eigenvalue weighted by Crippen LogP contribution is -2.14. The first-order valence-electron chi connectivity index (χ1n) is 11.3. The molecule has 0 aliphatic rings. The maximum absolute atomic E-state index is 12.9. The van der Waals surface area contributed by atoms with Crippen molar-refractivity contribution < 1.29 is 14.3 Å². The lowest BCUT2D eigenvalue weighted by Gasteiger charge is -2.17. The number of anilines is 1. The van der Waals surface area contributed by atoms with Crippen LogP contribution in [0, 0.1) is 18.3 Å². The van der Waals surface area contributed by atoms with E-state index in [2.05, 4.69) is 11.9 Å². The van der Waals surface area contributed by atoms with Crippen molar-refractivity contribution in [1.29, 1.82) is 5.26 Å². The summed E-state index contributed by atoms with van der Waals surface area (Å²) in [5, 5.41) is 13.6. The van der Waals surface area contributed by atoms with Crippen LogP contribution >= 0.6 is 23.2 Å². The number of rotatable bonds is 10. The summed E-state index contributed by atoms with van der Waals surface area (Å²) in [6.45, 7) is 8.25. The molecule has 3 aromatic rings. The van der Waals surface area contributed by atoms with Crippen LogP contribution in [0.25, 0.3) is 6.08 Å². The van der Waals surface area contributed by atoms with Gasteiger partial charge in [-0.2, -0.15) is 5.26 Å². The number of halogens is 2. The second-order valence-electron chi connectivity index (χ2n) is 7.88. The second kappa shape index (κ2) is 12.8. The van der Waals surface area contributed by atoms with Gasteiger partial charge in [0.1, 0.15) is 18.2 Å². The number of allylic oxidation sites excluding steroid dienone is 1. The number of nitrogens with zero attached hydrogens (tertiary/aromatic N) is 1. The molecule has 0 aliphatic heterocycles. The van der Waals surface area contributed by atoms with Gasteiger partial charge in [-0.1, -0.05) is 47.5 Å². The molecule has 0 aromatic heterocycles. The summed E-state index contributed by atoms with van der Waals surface area (Å²) >= 11 is 12.1. The van der Waals surface area contributed by atoms with Gasteiger partial charge >= 0.3 is 0 Å². The molecule has 0 unspecified atom stereocenters. The number of carbonyl (C=O) groups excluding carboxylic acids is 1. The predicted molar refractivity (Wildman–Crippen MR) is 146 cm³/mol. The Morgan fingerprint density at radius 3 is 2.56 bits per heavy atom. The fourth-order valence-corrected chi connectivity index (χ4v) is 3.79. The number of ether oxygens (including phenoxy) is 2. The zero-order valence-corrected chi connectivity index (χ0v) is 21.6. The van der Waals surface area contributed by atoms with Crippen LogP contribution in [0.1, 0.15) is 29.2 Å². The number of nitrogens with one attached hydrogen (secondary N) is 1. The van der Waals surface area contributed by atoms with E-state index in [1.165, 1.54) is 6.08 Å². The zero-order chi connectivity index (χ0) is 26.1. The van der Waals surface area contributed by atoms with Gasteiger partial charge in [0.2, 0.25) is 0 Å². The molecule has 0 heterocycles. The molecule has 184 valence electrons. The molecule has 5 nitrogen and oxygen atoms in total. The smallest absolute Gasteiger partial charge is 0.266 e. The molecular formula is C29H26Cl2N2O3. The number of hydrogen-bond donors (Lipinski definition) is 1. The predicted octanol–water partition coefficient (Wildman–Crippen LogP) is 7.55. The third-order valence-corrected chi connectivity index (χ3v) is 5.97. The van der Waals surface area contributed by atoms with Crippen molar-refractivity contribution >= 4 is 40.9 Å². The monoisotopic (exact) mass is 520 g/mol. The van der Waals surface area contributed by atoms with Crippen LogP contribution in [-0.2, 0) is 17.8 Å². The molecule has 1 amide bonds. The topological polar surface area (TPSA) is 71.4 Å². The Morgan fingerprint density at radius 1 is 1.14 bits per heavy atom. The minimum Gasteiger partial charge on any atom is -0.490 e. The molecule has 0 radical (unpaired) electrons. The normalized spacial score (nSPS) is 10.9. The van der Waals surface area contributed by atoms with Gasteiger partial charge in [0.05, 0.1) is 6.61 Å². The molecule has 0 saturated carbocycles. The minimum absolute atomic E-state index is 0.0591. The summed E-state index contributed by atoms with van der Waals surface area (Å²) in [6.07, 6.45) is 3.79. The van der Waals surface area contributed by atoms with Gasteiger partial charge in [-0.05, 0) is 79.4 Å². The van der Waals surface area contributed by atoms with Gasteiger partial charge < -0.3 is 14.8 Å². The van der Waals surface area contributed by atoms with Gasteiger partial charge in [-0.15, -0.1) is 6.58 Å². The molecule has 0 aliphatic carbocycles. The molecular weight excluding hydrogens is 495 g/mol. The van der Waals surface area contributed by atoms with Crippen LogP contribution in [-0.4, -0.2) is 12.5 Å². The Labute approximate surface area is 221 Å². The van der Waals surface area contributed by atoms with Crippen molar-refractivity contribution in [2.75, 3.05) is 11.9 Å². The van der Waals surface area contributed by atoms with E-state index in [0.29, 0.717) is 52.4 Å². The van der Waals surface area contributed by atoms with Gasteiger partial charge in [0.25, 0.3) is 5.91 Å². The lowest BCUT2D eigenvalue weighted by molar-refractivity contribution is -0.112. The summed E-state index contributed by atoms with van der Waals surface area (Å²) in [4.78, 5) is 12.9. The van der Waals surface area contributed by atoms with Crippen molar-refractivity contribution in [3.05, 3.63) is 105 Å². The molecule has 1 N–H and O–H groups in total. The highest BCUT2D eigenvalue weighted by Crippen LogP contribution is 2.35. The fraction of sp³-hybridized carbons (Fsp3) is 0.172. The van der Waals surface area contributed by atoms with Crippen LogP contribution in [0.15, 0.2) is 72.8 Å². The van der Waals surface area contributed by atoms with E-state index in [0.717, 1.165) is 16.7 Å². The third-order valence-electron chi connectivity index (χ3n) is 5.31. The van der Waals surface area contributed by atoms with Crippen molar-refractivity contribution in [3.63, 3.8) is 0 Å². The number of benzene rings is 3. The van der Waals surface area contributed by atoms with Crippen LogP contribution in [0.3, 0.4) is 0 Å². The summed E-state index contributed by atoms with van der Waals surface area (Å²) in [7, 11) is 0. The highest BCUT2D eigenvalue weighted by Gasteiger charge is 2.16. The van der Waals surface area contributed by atoms with Gasteiger partial charge in [0, 0.05) is 21.3 Å². The molecule has 0 fully saturated rings. The van der Waals surface area contributed by atoms with Gasteiger partial charge in [0.15, 0.2) is 11.5 Å². The molecule has 7 heteroatoms. The van der Waals surface area contributed by atoms with Crippen LogP contribution in [0.2, 0.25) is 10.0 Å². The summed E-state index contributed by atoms with van der Waals surface area (Å²) in [5.74, 6) is 0.566. The van der Waals surface area contributed by atoms with Gasteiger partial charge in [-0.25, -0.2) is 0 Å². The van der Waals surface area contributed by atoms with Crippen LogP contribution in [0.4, 0.5) is 5.69 Å². The maximum atomic E-state index is 12.9. The molecule has 0 saturated heterocycles. The minimum atomic E-state index is -0.533. The number of carbonyl (C=O) groups is 1. The largest absolute Gasteiger partial charge is 0.490 e. The van der Waals surface area contributed by atoms with E-state index in [-0.39, 0.29) is 5.57 Å². The standard InChI is InChI=1S/C29H26Cl2N2O3/c1-4-7-22-14-21(15-23(17-32)29(34)33-26-9-6-8-25(31)19(26)3)16-27(35-5-2)28(22)36-18-20-10-12-24(30)13-11-20/h4,6,8-16H,1,5,7,18H2,2-3H3,(H,33,34)/b23-15-. The highest BCUT2D eigenvalue weighted by molar-refractivity contribution is 6.32. The first kappa shape index (κ1) is 26.9. The molecule has 0 bridgehead atoms. The van der Waals surface area contributed by atoms with E-state index < -0.39 is 5.91 Å². The van der Waals surface area contributed by atoms with Crippen LogP contribution in [0.5, 0.6) is 11.5 Å². The first-order chi connectivity index (χ1) is 17.4. The molecule has 3 aromatic carbocycles. The second-order valence-corrected chi connectivity index (χ2v) is 8.73. The van der Waals surface area contributed by atoms with E-state index in [1.807, 2.05) is 43.3 Å². The number of hydrogen-bond acceptors (Lipinski definition) is 4. The number of nitriles is 1. The van der Waals surface area contributed by atoms with Crippen LogP contribution < -0.4 is 14.8 Å². The number of amides is 1. The molecule has 0 atom stereocenters. The average Bonchev–Trinajstić information content (AvgIpc) is 2.86. The van der Waals surface area contributed by atoms with Crippen molar-refractivity contribution in [1.82, 2.24) is 0 Å². The third kappa shape index (κ3) is 6.91. The Bertz CT molecular complexity index is 1330. The van der Waals surface area contributed by atoms with Crippen molar-refractivity contribution in [2.45, 2.75) is 26.9 Å². The van der Waals surface area contributed by atoms with E-state index in [1.54, 1.807) is 37.3 Å². The maximum Gasteiger partial charge on any atom is 0.266 e. The average molecular weight is 521 g/mol. The summed E-state index contributed by atoms with van der Waals surface area (Å²) in [6, 6.07) is 18.2. The Morgan fingerprint density at radius 2 is 1.89 bits per heavy atom. The van der Waals surface area contributed by atoms with Crippen molar-refractivity contribution in [3.8, 4) is 17.6 Å². The molecule has 3 rings (SSSR count). The molecule has 0 spiro atoms. The summed E-state index contributed by atoms with van der Waals surface area (Å²) < 4.78 is 12.0. The Kier molecular flexibility index (Phi) is 9.58. The zero-order valence-electron chi connectivity index (χ0n) is 20.1. The fourth-order valence-electron chi connectivity index (χ4n) is 3.48. The summed E-state index contributed by atoms with van der Waals surface area (Å²) in [5.41, 5.74) is 3.61. The highest BCUT2D eigenvalue weighted by atomic mass is 35.5. The SMILES string of the molecule is C=CCc1cc(/C=C(/C#N)C(=O)Nc2cccc(Cl)c2C)cc(OCC)c1OCc1ccc(Cl)cc1. The van der Waals surface area contributed by atoms with Crippen molar-refractivity contribution in [2.24, 2.45) is 0 Å². The first-order valence-corrected chi connectivity index (χ1v) is 12.1. The lowest BCUT2D eigenvalue weighted by atomic mass is 10.0. The Balaban J connectivity index is 1.94. The van der Waals surface area contributed by atoms with E-state index in [4.69, 9.17) is 32.7 Å².